The van der Waals surface area contributed by atoms with E-state index in [0.29, 0.717) is 12.1 Å². The molecular formula is C15H19N3O. The van der Waals surface area contributed by atoms with Gasteiger partial charge in [-0.25, -0.2) is 0 Å². The predicted molar refractivity (Wildman–Crippen MR) is 77.4 cm³/mol. The van der Waals surface area contributed by atoms with Crippen molar-refractivity contribution in [3.05, 3.63) is 41.6 Å². The molecular weight excluding hydrogens is 238 g/mol. The Morgan fingerprint density at radius 1 is 1.26 bits per heavy atom. The van der Waals surface area contributed by atoms with Gasteiger partial charge in [0.1, 0.15) is 0 Å². The minimum Gasteiger partial charge on any atom is -0.352 e. The molecule has 19 heavy (non-hydrogen) atoms. The molecule has 100 valence electrons. The third kappa shape index (κ3) is 3.29. The first kappa shape index (κ1) is 13.5. The van der Waals surface area contributed by atoms with Crippen molar-refractivity contribution in [3.8, 4) is 0 Å². The Balaban J connectivity index is 2.21. The van der Waals surface area contributed by atoms with E-state index in [2.05, 4.69) is 15.6 Å². The number of carbonyl (C=O) groups excluding carboxylic acids is 1. The number of hydrogen-bond acceptors (Lipinski definition) is 3. The Hall–Kier alpha value is -1.94. The van der Waals surface area contributed by atoms with Gasteiger partial charge in [0.25, 0.3) is 5.91 Å². The summed E-state index contributed by atoms with van der Waals surface area (Å²) in [6, 6.07) is 9.57. The van der Waals surface area contributed by atoms with Gasteiger partial charge in [0.2, 0.25) is 0 Å². The lowest BCUT2D eigenvalue weighted by atomic mass is 10.1. The van der Waals surface area contributed by atoms with Crippen LogP contribution in [0.25, 0.3) is 10.9 Å². The van der Waals surface area contributed by atoms with Crippen LogP contribution >= 0.6 is 0 Å². The molecule has 2 aromatic rings. The standard InChI is InChI=1S/C15H19N3O/c1-11-10-13(15(19)17-9-5-8-16-2)12-6-3-4-7-14(12)18-11/h3-4,6-7,10,16H,5,8-9H2,1-2H3,(H,17,19). The first-order valence-electron chi connectivity index (χ1n) is 6.51. The van der Waals surface area contributed by atoms with E-state index in [4.69, 9.17) is 0 Å². The molecule has 0 radical (unpaired) electrons. The molecule has 0 fully saturated rings. The number of hydrogen-bond donors (Lipinski definition) is 2. The van der Waals surface area contributed by atoms with Crippen LogP contribution < -0.4 is 10.6 Å². The average molecular weight is 257 g/mol. The summed E-state index contributed by atoms with van der Waals surface area (Å²) < 4.78 is 0. The van der Waals surface area contributed by atoms with Crippen LogP contribution in [0.5, 0.6) is 0 Å². The summed E-state index contributed by atoms with van der Waals surface area (Å²) in [5, 5.41) is 6.91. The molecule has 1 heterocycles. The van der Waals surface area contributed by atoms with E-state index in [-0.39, 0.29) is 5.91 Å². The van der Waals surface area contributed by atoms with Crippen LogP contribution in [0, 0.1) is 6.92 Å². The van der Waals surface area contributed by atoms with Gasteiger partial charge in [-0.3, -0.25) is 9.78 Å². The first-order valence-corrected chi connectivity index (χ1v) is 6.51. The van der Waals surface area contributed by atoms with Gasteiger partial charge in [-0.15, -0.1) is 0 Å². The number of nitrogens with one attached hydrogen (secondary N) is 2. The highest BCUT2D eigenvalue weighted by Crippen LogP contribution is 2.17. The molecule has 1 aromatic carbocycles. The zero-order valence-electron chi connectivity index (χ0n) is 11.4. The van der Waals surface area contributed by atoms with E-state index in [0.717, 1.165) is 29.6 Å². The van der Waals surface area contributed by atoms with Crippen molar-refractivity contribution in [1.29, 1.82) is 0 Å². The molecule has 2 N–H and O–H groups in total. The number of amides is 1. The maximum Gasteiger partial charge on any atom is 0.252 e. The quantitative estimate of drug-likeness (QED) is 0.804. The maximum atomic E-state index is 12.2. The van der Waals surface area contributed by atoms with E-state index in [1.807, 2.05) is 44.3 Å². The second kappa shape index (κ2) is 6.29. The smallest absolute Gasteiger partial charge is 0.252 e. The highest BCUT2D eigenvalue weighted by Gasteiger charge is 2.10. The van der Waals surface area contributed by atoms with Gasteiger partial charge in [-0.2, -0.15) is 0 Å². The van der Waals surface area contributed by atoms with Crippen molar-refractivity contribution in [2.45, 2.75) is 13.3 Å². The average Bonchev–Trinajstić information content (AvgIpc) is 2.42. The third-order valence-electron chi connectivity index (χ3n) is 2.98. The molecule has 0 aliphatic heterocycles. The topological polar surface area (TPSA) is 54.0 Å². The van der Waals surface area contributed by atoms with Crippen molar-refractivity contribution in [3.63, 3.8) is 0 Å². The van der Waals surface area contributed by atoms with E-state index >= 15 is 0 Å². The number of aromatic nitrogens is 1. The SMILES string of the molecule is CNCCCNC(=O)c1cc(C)nc2ccccc12. The molecule has 0 spiro atoms. The molecule has 0 atom stereocenters. The van der Waals surface area contributed by atoms with Crippen LogP contribution in [0.4, 0.5) is 0 Å². The maximum absolute atomic E-state index is 12.2. The number of fused-ring (bicyclic) bond motifs is 1. The van der Waals surface area contributed by atoms with Gasteiger partial charge in [-0.05, 0) is 39.1 Å². The fraction of sp³-hybridized carbons (Fsp3) is 0.333. The number of nitrogens with zero attached hydrogens (tertiary/aromatic N) is 1. The Kier molecular flexibility index (Phi) is 4.47. The summed E-state index contributed by atoms with van der Waals surface area (Å²) in [7, 11) is 1.90. The molecule has 0 aliphatic rings. The summed E-state index contributed by atoms with van der Waals surface area (Å²) in [4.78, 5) is 16.7. The second-order valence-corrected chi connectivity index (χ2v) is 4.54. The van der Waals surface area contributed by atoms with Gasteiger partial charge in [-0.1, -0.05) is 18.2 Å². The highest BCUT2D eigenvalue weighted by atomic mass is 16.1. The fourth-order valence-electron chi connectivity index (χ4n) is 2.06. The number of carbonyl (C=O) groups is 1. The normalized spacial score (nSPS) is 10.6. The lowest BCUT2D eigenvalue weighted by Gasteiger charge is -2.09. The Morgan fingerprint density at radius 3 is 2.84 bits per heavy atom. The monoisotopic (exact) mass is 257 g/mol. The van der Waals surface area contributed by atoms with E-state index < -0.39 is 0 Å². The second-order valence-electron chi connectivity index (χ2n) is 4.54. The number of rotatable bonds is 5. The lowest BCUT2D eigenvalue weighted by Crippen LogP contribution is -2.26. The molecule has 4 nitrogen and oxygen atoms in total. The summed E-state index contributed by atoms with van der Waals surface area (Å²) >= 11 is 0. The van der Waals surface area contributed by atoms with Crippen LogP contribution in [-0.2, 0) is 0 Å². The van der Waals surface area contributed by atoms with Crippen LogP contribution in [0.2, 0.25) is 0 Å². The van der Waals surface area contributed by atoms with Gasteiger partial charge in [0.15, 0.2) is 0 Å². The summed E-state index contributed by atoms with van der Waals surface area (Å²) in [5.74, 6) is -0.0298. The molecule has 2 rings (SSSR count). The highest BCUT2D eigenvalue weighted by molar-refractivity contribution is 6.06. The minimum absolute atomic E-state index is 0.0298. The zero-order chi connectivity index (χ0) is 13.7. The lowest BCUT2D eigenvalue weighted by molar-refractivity contribution is 0.0955. The number of benzene rings is 1. The fourth-order valence-corrected chi connectivity index (χ4v) is 2.06. The van der Waals surface area contributed by atoms with Gasteiger partial charge in [0, 0.05) is 17.6 Å². The van der Waals surface area contributed by atoms with E-state index in [1.165, 1.54) is 0 Å². The Labute approximate surface area is 113 Å². The molecule has 0 aliphatic carbocycles. The van der Waals surface area contributed by atoms with Crippen molar-refractivity contribution in [1.82, 2.24) is 15.6 Å². The predicted octanol–water partition coefficient (Wildman–Crippen LogP) is 1.88. The van der Waals surface area contributed by atoms with Crippen molar-refractivity contribution in [2.75, 3.05) is 20.1 Å². The number of pyridine rings is 1. The molecule has 4 heteroatoms. The van der Waals surface area contributed by atoms with Crippen LogP contribution in [0.3, 0.4) is 0 Å². The van der Waals surface area contributed by atoms with Crippen LogP contribution in [0.1, 0.15) is 22.5 Å². The molecule has 0 bridgehead atoms. The Morgan fingerprint density at radius 2 is 2.05 bits per heavy atom. The number of aryl methyl sites for hydroxylation is 1. The van der Waals surface area contributed by atoms with Crippen molar-refractivity contribution in [2.24, 2.45) is 0 Å². The number of para-hydroxylation sites is 1. The third-order valence-corrected chi connectivity index (χ3v) is 2.98. The zero-order valence-corrected chi connectivity index (χ0v) is 11.4. The van der Waals surface area contributed by atoms with Gasteiger partial charge < -0.3 is 10.6 Å². The molecule has 1 amide bonds. The van der Waals surface area contributed by atoms with E-state index in [9.17, 15) is 4.79 Å². The Bertz CT molecular complexity index is 581. The van der Waals surface area contributed by atoms with Gasteiger partial charge in [0.05, 0.1) is 11.1 Å². The van der Waals surface area contributed by atoms with Crippen molar-refractivity contribution < 1.29 is 4.79 Å². The van der Waals surface area contributed by atoms with Gasteiger partial charge >= 0.3 is 0 Å². The molecule has 0 unspecified atom stereocenters. The molecule has 1 aromatic heterocycles. The molecule has 0 saturated carbocycles. The summed E-state index contributed by atoms with van der Waals surface area (Å²) in [5.41, 5.74) is 2.43. The van der Waals surface area contributed by atoms with Crippen molar-refractivity contribution >= 4 is 16.8 Å². The summed E-state index contributed by atoms with van der Waals surface area (Å²) in [6.45, 7) is 3.48. The first-order chi connectivity index (χ1) is 9.22. The van der Waals surface area contributed by atoms with Crippen LogP contribution in [0.15, 0.2) is 30.3 Å². The largest absolute Gasteiger partial charge is 0.352 e. The molecule has 0 saturated heterocycles. The van der Waals surface area contributed by atoms with E-state index in [1.54, 1.807) is 0 Å². The minimum atomic E-state index is -0.0298. The summed E-state index contributed by atoms with van der Waals surface area (Å²) in [6.07, 6.45) is 0.921. The van der Waals surface area contributed by atoms with Crippen LogP contribution in [-0.4, -0.2) is 31.0 Å².